The molecular formula is C41H117NO3. The molecule has 0 radical (unpaired) electrons. The molecule has 1 unspecified atom stereocenters. The van der Waals surface area contributed by atoms with Gasteiger partial charge in [-0.05, 0) is 44.4 Å². The molecule has 0 saturated heterocycles. The minimum atomic E-state index is -0.939. The molecule has 1 atom stereocenters. The van der Waals surface area contributed by atoms with Crippen LogP contribution in [-0.4, -0.2) is 23.0 Å². The van der Waals surface area contributed by atoms with Crippen LogP contribution in [0.3, 0.4) is 0 Å². The Kier molecular flexibility index (Phi) is 328. The zero-order valence-electron chi connectivity index (χ0n) is 17.3. The fourth-order valence-corrected chi connectivity index (χ4v) is 2.96. The summed E-state index contributed by atoms with van der Waals surface area (Å²) in [7, 11) is 0. The van der Waals surface area contributed by atoms with Crippen molar-refractivity contribution in [2.45, 2.75) is 251 Å². The van der Waals surface area contributed by atoms with Gasteiger partial charge < -0.3 is 10.4 Å². The molecular weight excluding hydrogens is 554 g/mol. The molecule has 0 aliphatic carbocycles. The van der Waals surface area contributed by atoms with Crippen molar-refractivity contribution in [2.75, 3.05) is 0 Å². The average Bonchev–Trinajstić information content (AvgIpc) is 2.58. The van der Waals surface area contributed by atoms with Crippen molar-refractivity contribution in [3.8, 4) is 0 Å². The fourth-order valence-electron chi connectivity index (χ4n) is 2.96. The number of aliphatic carboxylic acids is 1. The largest absolute Gasteiger partial charge is 0.480 e. The van der Waals surface area contributed by atoms with Crippen molar-refractivity contribution < 1.29 is 14.7 Å². The lowest BCUT2D eigenvalue weighted by Crippen LogP contribution is -2.41. The molecule has 0 aromatic carbocycles. The van der Waals surface area contributed by atoms with Gasteiger partial charge in [0.05, 0.1) is 0 Å². The van der Waals surface area contributed by atoms with Gasteiger partial charge in [-0.25, -0.2) is 4.79 Å². The van der Waals surface area contributed by atoms with Crippen LogP contribution in [0.15, 0.2) is 12.2 Å². The van der Waals surface area contributed by atoms with Gasteiger partial charge in [0.15, 0.2) is 0 Å². The van der Waals surface area contributed by atoms with Gasteiger partial charge in [0.2, 0.25) is 5.91 Å². The molecule has 0 spiro atoms. The van der Waals surface area contributed by atoms with Crippen LogP contribution in [0.2, 0.25) is 0 Å². The number of nitrogens with one attached hydrogen (secondary N) is 1. The molecule has 0 heterocycles. The number of unbranched alkanes of at least 4 members (excludes halogenated alkanes) is 9. The fraction of sp³-hybridized carbons (Fsp3) is 0.902. The topological polar surface area (TPSA) is 66.4 Å². The van der Waals surface area contributed by atoms with E-state index < -0.39 is 12.0 Å². The molecule has 0 rings (SSSR count). The Morgan fingerprint density at radius 3 is 1.16 bits per heavy atom. The number of allylic oxidation sites excluding steroid dienone is 2. The van der Waals surface area contributed by atoms with Gasteiger partial charge in [0.1, 0.15) is 6.04 Å². The molecule has 304 valence electrons. The maximum absolute atomic E-state index is 11.9. The first kappa shape index (κ1) is 142. The molecule has 4 nitrogen and oxygen atoms in total. The van der Waals surface area contributed by atoms with Gasteiger partial charge in [-0.1, -0.05) is 213 Å². The first-order chi connectivity index (χ1) is 12.5. The van der Waals surface area contributed by atoms with E-state index in [1.54, 1.807) is 0 Å². The first-order valence-corrected chi connectivity index (χ1v) is 10.6. The second-order valence-electron chi connectivity index (χ2n) is 7.72. The van der Waals surface area contributed by atoms with Crippen molar-refractivity contribution in [2.24, 2.45) is 5.92 Å². The Balaban J connectivity index is -0.0000000183. The van der Waals surface area contributed by atoms with Crippen LogP contribution in [0.5, 0.6) is 0 Å². The maximum atomic E-state index is 11.9. The summed E-state index contributed by atoms with van der Waals surface area (Å²) in [6.07, 6.45) is 18.6. The third-order valence-corrected chi connectivity index (χ3v) is 4.51. The van der Waals surface area contributed by atoms with Crippen molar-refractivity contribution in [1.29, 1.82) is 0 Å². The zero-order valence-corrected chi connectivity index (χ0v) is 17.3. The Hall–Kier alpha value is -1.32. The second-order valence-corrected chi connectivity index (χ2v) is 7.72. The van der Waals surface area contributed by atoms with E-state index >= 15 is 0 Å². The first-order valence-electron chi connectivity index (χ1n) is 10.6. The van der Waals surface area contributed by atoms with E-state index in [-0.39, 0.29) is 153 Å². The summed E-state index contributed by atoms with van der Waals surface area (Å²) in [5, 5.41) is 11.8. The number of carboxylic acids is 1. The van der Waals surface area contributed by atoms with Gasteiger partial charge >= 0.3 is 5.97 Å². The molecule has 0 bridgehead atoms. The SMILES string of the molecule is C.C.C.C.C.C.C.C.C.C.C.C.C.C.C.C.C.C.C.CCCCCC/C=C\CCCCCCCC(=O)NC(CC(C)C)C(=O)O. The predicted molar refractivity (Wildman–Crippen MR) is 237 cm³/mol. The monoisotopic (exact) mass is 672 g/mol. The van der Waals surface area contributed by atoms with E-state index in [1.807, 2.05) is 13.8 Å². The Labute approximate surface area is 300 Å². The quantitative estimate of drug-likeness (QED) is 0.119. The zero-order chi connectivity index (χ0) is 19.6. The highest BCUT2D eigenvalue weighted by molar-refractivity contribution is 5.83. The van der Waals surface area contributed by atoms with Gasteiger partial charge in [0.25, 0.3) is 0 Å². The summed E-state index contributed by atoms with van der Waals surface area (Å²) in [5.74, 6) is -0.823. The Morgan fingerprint density at radius 2 is 0.844 bits per heavy atom. The van der Waals surface area contributed by atoms with Crippen molar-refractivity contribution >= 4 is 11.9 Å². The summed E-state index contributed by atoms with van der Waals surface area (Å²) in [4.78, 5) is 23.0. The van der Waals surface area contributed by atoms with Crippen LogP contribution in [-0.2, 0) is 9.59 Å². The number of hydrogen-bond acceptors (Lipinski definition) is 2. The van der Waals surface area contributed by atoms with E-state index in [1.165, 1.54) is 44.9 Å². The van der Waals surface area contributed by atoms with Gasteiger partial charge in [0, 0.05) is 6.42 Å². The minimum absolute atomic E-state index is 0. The molecule has 4 heteroatoms. The summed E-state index contributed by atoms with van der Waals surface area (Å²) < 4.78 is 0. The molecule has 0 aromatic heterocycles. The number of rotatable bonds is 17. The molecule has 45 heavy (non-hydrogen) atoms. The minimum Gasteiger partial charge on any atom is -0.480 e. The third kappa shape index (κ3) is 107. The van der Waals surface area contributed by atoms with Crippen LogP contribution in [0.25, 0.3) is 0 Å². The number of hydrogen-bond donors (Lipinski definition) is 2. The average molecular weight is 672 g/mol. The van der Waals surface area contributed by atoms with Crippen LogP contribution in [0.4, 0.5) is 0 Å². The molecule has 2 N–H and O–H groups in total. The van der Waals surface area contributed by atoms with E-state index in [0.717, 1.165) is 25.7 Å². The van der Waals surface area contributed by atoms with Crippen LogP contribution < -0.4 is 5.32 Å². The Bertz CT molecular complexity index is 394. The number of carbonyl (C=O) groups is 2. The molecule has 1 amide bonds. The second kappa shape index (κ2) is 104. The summed E-state index contributed by atoms with van der Waals surface area (Å²) >= 11 is 0. The standard InChI is InChI=1S/C22H41NO3.19CH4/c1-4-5-6-7-8-9-10-11-12-13-14-15-16-17-21(24)23-20(22(25)26)18-19(2)3;;;;;;;;;;;;;;;;;;;/h9-10,19-20H,4-8,11-18H2,1-3H3,(H,23,24)(H,25,26);19*1H4/b10-9-;;;;;;;;;;;;;;;;;;;. The lowest BCUT2D eigenvalue weighted by Gasteiger charge is -2.16. The highest BCUT2D eigenvalue weighted by Crippen LogP contribution is 2.10. The number of carbonyl (C=O) groups excluding carboxylic acids is 1. The molecule has 0 saturated carbocycles. The lowest BCUT2D eigenvalue weighted by molar-refractivity contribution is -0.142. The van der Waals surface area contributed by atoms with E-state index in [9.17, 15) is 9.59 Å². The van der Waals surface area contributed by atoms with Gasteiger partial charge in [-0.2, -0.15) is 0 Å². The molecule has 0 aliphatic heterocycles. The van der Waals surface area contributed by atoms with Crippen LogP contribution in [0.1, 0.15) is 245 Å². The van der Waals surface area contributed by atoms with Crippen LogP contribution >= 0.6 is 0 Å². The predicted octanol–water partition coefficient (Wildman–Crippen LogP) is 17.9. The third-order valence-electron chi connectivity index (χ3n) is 4.51. The smallest absolute Gasteiger partial charge is 0.326 e. The molecule has 0 fully saturated rings. The molecule has 0 aromatic rings. The van der Waals surface area contributed by atoms with Gasteiger partial charge in [-0.15, -0.1) is 0 Å². The lowest BCUT2D eigenvalue weighted by atomic mass is 10.0. The van der Waals surface area contributed by atoms with Crippen LogP contribution in [0, 0.1) is 5.92 Å². The number of carboxylic acid groups (broad SMARTS) is 1. The Morgan fingerprint density at radius 1 is 0.533 bits per heavy atom. The van der Waals surface area contributed by atoms with Crippen molar-refractivity contribution in [3.05, 3.63) is 12.2 Å². The summed E-state index contributed by atoms with van der Waals surface area (Å²) in [5.41, 5.74) is 0. The van der Waals surface area contributed by atoms with Gasteiger partial charge in [-0.3, -0.25) is 4.79 Å². The van der Waals surface area contributed by atoms with E-state index in [0.29, 0.717) is 12.8 Å². The summed E-state index contributed by atoms with van der Waals surface area (Å²) in [6, 6.07) is -0.753. The normalized spacial score (nSPS) is 7.29. The highest BCUT2D eigenvalue weighted by atomic mass is 16.4. The number of amides is 1. The van der Waals surface area contributed by atoms with E-state index in [4.69, 9.17) is 5.11 Å². The maximum Gasteiger partial charge on any atom is 0.326 e. The van der Waals surface area contributed by atoms with Crippen molar-refractivity contribution in [3.63, 3.8) is 0 Å². The highest BCUT2D eigenvalue weighted by Gasteiger charge is 2.20. The molecule has 0 aliphatic rings. The van der Waals surface area contributed by atoms with E-state index in [2.05, 4.69) is 24.4 Å². The van der Waals surface area contributed by atoms with Crippen molar-refractivity contribution in [1.82, 2.24) is 5.32 Å². The summed E-state index contributed by atoms with van der Waals surface area (Å²) in [6.45, 7) is 6.16.